The number of hydrogen-bond acceptors (Lipinski definition) is 7. The molecule has 4 aromatic rings. The topological polar surface area (TPSA) is 115 Å². The van der Waals surface area contributed by atoms with Crippen molar-refractivity contribution in [3.63, 3.8) is 0 Å². The summed E-state index contributed by atoms with van der Waals surface area (Å²) in [6.07, 6.45) is 0.729. The summed E-state index contributed by atoms with van der Waals surface area (Å²) in [7, 11) is 0. The van der Waals surface area contributed by atoms with Crippen LogP contribution in [-0.4, -0.2) is 34.9 Å². The number of nitrogens with zero attached hydrogens (tertiary/aromatic N) is 3. The highest BCUT2D eigenvalue weighted by atomic mass is 32.1. The molecule has 10 heteroatoms. The number of aromatic nitrogens is 1. The number of amides is 2. The van der Waals surface area contributed by atoms with E-state index in [1.807, 2.05) is 29.6 Å². The molecule has 3 aromatic carbocycles. The van der Waals surface area contributed by atoms with Crippen molar-refractivity contribution >= 4 is 40.2 Å². The molecular formula is C26H20N4O5S. The van der Waals surface area contributed by atoms with Crippen LogP contribution in [0, 0.1) is 10.1 Å². The van der Waals surface area contributed by atoms with Crippen LogP contribution in [-0.2, 0) is 16.0 Å². The average Bonchev–Trinajstić information content (AvgIpc) is 3.35. The Balaban J connectivity index is 1.33. The van der Waals surface area contributed by atoms with E-state index in [4.69, 9.17) is 9.72 Å². The van der Waals surface area contributed by atoms with Gasteiger partial charge in [0.1, 0.15) is 12.3 Å². The van der Waals surface area contributed by atoms with Crippen LogP contribution in [0.3, 0.4) is 0 Å². The van der Waals surface area contributed by atoms with Gasteiger partial charge >= 0.3 is 0 Å². The van der Waals surface area contributed by atoms with Crippen LogP contribution in [0.15, 0.2) is 78.2 Å². The molecular weight excluding hydrogens is 480 g/mol. The third kappa shape index (κ3) is 5.08. The van der Waals surface area contributed by atoms with Gasteiger partial charge < -0.3 is 10.1 Å². The van der Waals surface area contributed by atoms with Crippen LogP contribution in [0.25, 0.3) is 11.3 Å². The molecule has 9 nitrogen and oxygen atoms in total. The Bertz CT molecular complexity index is 1440. The summed E-state index contributed by atoms with van der Waals surface area (Å²) in [5.41, 5.74) is 3.57. The predicted molar refractivity (Wildman–Crippen MR) is 136 cm³/mol. The molecule has 0 atom stereocenters. The number of nitro benzene ring substituents is 1. The number of nitro groups is 1. The Hall–Kier alpha value is -4.57. The lowest BCUT2D eigenvalue weighted by atomic mass is 10.1. The Morgan fingerprint density at radius 1 is 1.11 bits per heavy atom. The summed E-state index contributed by atoms with van der Waals surface area (Å²) in [5.74, 6) is -0.281. The monoisotopic (exact) mass is 500 g/mol. The van der Waals surface area contributed by atoms with E-state index in [0.717, 1.165) is 22.7 Å². The molecule has 1 aromatic heterocycles. The van der Waals surface area contributed by atoms with Crippen LogP contribution < -0.4 is 15.0 Å². The molecule has 1 aliphatic heterocycles. The Kier molecular flexibility index (Phi) is 6.42. The summed E-state index contributed by atoms with van der Waals surface area (Å²) in [4.78, 5) is 41.8. The van der Waals surface area contributed by atoms with Crippen LogP contribution in [0.2, 0.25) is 0 Å². The Labute approximate surface area is 210 Å². The zero-order valence-electron chi connectivity index (χ0n) is 18.9. The number of carbonyl (C=O) groups is 2. The molecule has 1 aliphatic rings. The fraction of sp³-hybridized carbons (Fsp3) is 0.115. The maximum atomic E-state index is 12.7. The third-order valence-electron chi connectivity index (χ3n) is 5.61. The standard InChI is InChI=1S/C26H20N4O5S/c31-24(27-19-7-9-20(10-8-19)30(33)34)14-29-22-13-18(6-11-23(22)35-15-26(29)32)21-16-36-25(28-21)12-17-4-2-1-3-5-17/h1-11,13,16H,12,14-15H2,(H,27,31). The average molecular weight is 501 g/mol. The number of anilines is 2. The van der Waals surface area contributed by atoms with Crippen LogP contribution in [0.5, 0.6) is 5.75 Å². The third-order valence-corrected chi connectivity index (χ3v) is 6.46. The lowest BCUT2D eigenvalue weighted by Crippen LogP contribution is -2.43. The molecule has 0 radical (unpaired) electrons. The highest BCUT2D eigenvalue weighted by molar-refractivity contribution is 7.10. The van der Waals surface area contributed by atoms with E-state index in [2.05, 4.69) is 17.4 Å². The van der Waals surface area contributed by atoms with E-state index in [-0.39, 0.29) is 24.7 Å². The van der Waals surface area contributed by atoms with Crippen LogP contribution >= 0.6 is 11.3 Å². The molecule has 0 fully saturated rings. The number of nitrogens with one attached hydrogen (secondary N) is 1. The predicted octanol–water partition coefficient (Wildman–Crippen LogP) is 4.67. The fourth-order valence-electron chi connectivity index (χ4n) is 3.84. The molecule has 0 saturated heterocycles. The lowest BCUT2D eigenvalue weighted by molar-refractivity contribution is -0.384. The largest absolute Gasteiger partial charge is 0.482 e. The summed E-state index contributed by atoms with van der Waals surface area (Å²) >= 11 is 1.56. The SMILES string of the molecule is O=C(CN1C(=O)COc2ccc(-c3csc(Cc4ccccc4)n3)cc21)Nc1ccc([N+](=O)[O-])cc1. The molecule has 0 saturated carbocycles. The van der Waals surface area contributed by atoms with Crippen molar-refractivity contribution in [1.82, 2.24) is 4.98 Å². The maximum absolute atomic E-state index is 12.7. The summed E-state index contributed by atoms with van der Waals surface area (Å²) < 4.78 is 5.57. The molecule has 180 valence electrons. The number of non-ortho nitro benzene ring substituents is 1. The quantitative estimate of drug-likeness (QED) is 0.291. The molecule has 0 unspecified atom stereocenters. The van der Waals surface area contributed by atoms with Gasteiger partial charge in [0.15, 0.2) is 6.61 Å². The first-order chi connectivity index (χ1) is 17.5. The first kappa shape index (κ1) is 23.2. The van der Waals surface area contributed by atoms with E-state index >= 15 is 0 Å². The summed E-state index contributed by atoms with van der Waals surface area (Å²) in [6.45, 7) is -0.402. The second-order valence-corrected chi connectivity index (χ2v) is 9.03. The molecule has 0 aliphatic carbocycles. The minimum atomic E-state index is -0.514. The molecule has 5 rings (SSSR count). The van der Waals surface area contributed by atoms with Crippen molar-refractivity contribution in [3.8, 4) is 17.0 Å². The zero-order chi connectivity index (χ0) is 25.1. The molecule has 2 heterocycles. The van der Waals surface area contributed by atoms with Crippen molar-refractivity contribution in [2.45, 2.75) is 6.42 Å². The Morgan fingerprint density at radius 2 is 1.89 bits per heavy atom. The first-order valence-corrected chi connectivity index (χ1v) is 11.9. The lowest BCUT2D eigenvalue weighted by Gasteiger charge is -2.29. The number of hydrogen-bond donors (Lipinski definition) is 1. The van der Waals surface area contributed by atoms with Crippen molar-refractivity contribution in [1.29, 1.82) is 0 Å². The van der Waals surface area contributed by atoms with Crippen molar-refractivity contribution in [3.05, 3.63) is 98.9 Å². The second kappa shape index (κ2) is 9.96. The van der Waals surface area contributed by atoms with E-state index in [1.165, 1.54) is 34.7 Å². The molecule has 2 amide bonds. The highest BCUT2D eigenvalue weighted by Gasteiger charge is 2.28. The van der Waals surface area contributed by atoms with Crippen LogP contribution in [0.4, 0.5) is 17.1 Å². The van der Waals surface area contributed by atoms with Gasteiger partial charge in [-0.25, -0.2) is 4.98 Å². The van der Waals surface area contributed by atoms with E-state index in [0.29, 0.717) is 17.1 Å². The molecule has 0 spiro atoms. The number of fused-ring (bicyclic) bond motifs is 1. The summed E-state index contributed by atoms with van der Waals surface area (Å²) in [6, 6.07) is 21.0. The van der Waals surface area contributed by atoms with Gasteiger partial charge in [-0.1, -0.05) is 30.3 Å². The van der Waals surface area contributed by atoms with Gasteiger partial charge in [-0.15, -0.1) is 11.3 Å². The van der Waals surface area contributed by atoms with Gasteiger partial charge in [0, 0.05) is 35.2 Å². The smallest absolute Gasteiger partial charge is 0.269 e. The number of carbonyl (C=O) groups excluding carboxylic acids is 2. The zero-order valence-corrected chi connectivity index (χ0v) is 19.7. The summed E-state index contributed by atoms with van der Waals surface area (Å²) in [5, 5.41) is 16.4. The highest BCUT2D eigenvalue weighted by Crippen LogP contribution is 2.36. The van der Waals surface area contributed by atoms with E-state index < -0.39 is 10.8 Å². The number of thiazole rings is 1. The van der Waals surface area contributed by atoms with Crippen LogP contribution in [0.1, 0.15) is 10.6 Å². The first-order valence-electron chi connectivity index (χ1n) is 11.1. The van der Waals surface area contributed by atoms with E-state index in [1.54, 1.807) is 23.5 Å². The van der Waals surface area contributed by atoms with E-state index in [9.17, 15) is 19.7 Å². The maximum Gasteiger partial charge on any atom is 0.269 e. The van der Waals surface area contributed by atoms with Gasteiger partial charge in [-0.2, -0.15) is 0 Å². The Morgan fingerprint density at radius 3 is 2.64 bits per heavy atom. The number of rotatable bonds is 7. The fourth-order valence-corrected chi connectivity index (χ4v) is 4.68. The van der Waals surface area contributed by atoms with Gasteiger partial charge in [0.05, 0.1) is 21.3 Å². The molecule has 1 N–H and O–H groups in total. The van der Waals surface area contributed by atoms with Crippen molar-refractivity contribution in [2.24, 2.45) is 0 Å². The molecule has 0 bridgehead atoms. The van der Waals surface area contributed by atoms with Crippen molar-refractivity contribution < 1.29 is 19.2 Å². The van der Waals surface area contributed by atoms with Gasteiger partial charge in [-0.05, 0) is 35.9 Å². The number of benzene rings is 3. The van der Waals surface area contributed by atoms with Gasteiger partial charge in [0.25, 0.3) is 11.6 Å². The minimum Gasteiger partial charge on any atom is -0.482 e. The number of ether oxygens (including phenoxy) is 1. The van der Waals surface area contributed by atoms with Gasteiger partial charge in [0.2, 0.25) is 5.91 Å². The minimum absolute atomic E-state index is 0.0771. The van der Waals surface area contributed by atoms with Gasteiger partial charge in [-0.3, -0.25) is 24.6 Å². The van der Waals surface area contributed by atoms with Crippen molar-refractivity contribution in [2.75, 3.05) is 23.4 Å². The normalized spacial score (nSPS) is 12.6. The molecule has 36 heavy (non-hydrogen) atoms. The second-order valence-electron chi connectivity index (χ2n) is 8.09.